The second kappa shape index (κ2) is 12.8. The molecule has 0 bridgehead atoms. The Morgan fingerprint density at radius 1 is 0.548 bits per heavy atom. The van der Waals surface area contributed by atoms with Crippen LogP contribution in [0, 0.1) is 0 Å². The fourth-order valence-corrected chi connectivity index (χ4v) is 6.78. The first-order chi connectivity index (χ1) is 20.5. The summed E-state index contributed by atoms with van der Waals surface area (Å²) in [4.78, 5) is 37.1. The van der Waals surface area contributed by atoms with E-state index in [4.69, 9.17) is 33.2 Å². The van der Waals surface area contributed by atoms with Crippen molar-refractivity contribution in [1.29, 1.82) is 0 Å². The number of halogens is 2. The summed E-state index contributed by atoms with van der Waals surface area (Å²) in [6.07, 6.45) is 0. The van der Waals surface area contributed by atoms with E-state index in [-0.39, 0.29) is 24.2 Å². The monoisotopic (exact) mass is 630 g/mol. The highest BCUT2D eigenvalue weighted by molar-refractivity contribution is 7.98. The average molecular weight is 632 g/mol. The van der Waals surface area contributed by atoms with Crippen molar-refractivity contribution >= 4 is 68.5 Å². The number of hydrogen-bond acceptors (Lipinski definition) is 6. The van der Waals surface area contributed by atoms with Crippen molar-refractivity contribution in [2.24, 2.45) is 0 Å². The van der Waals surface area contributed by atoms with Gasteiger partial charge < -0.3 is 0 Å². The molecule has 0 atom stereocenters. The van der Waals surface area contributed by atoms with Gasteiger partial charge in [-0.3, -0.25) is 18.7 Å². The molecule has 0 aliphatic carbocycles. The van der Waals surface area contributed by atoms with Gasteiger partial charge in [-0.15, -0.1) is 0 Å². The number of fused-ring (bicyclic) bond motifs is 2. The third kappa shape index (κ3) is 6.27. The lowest BCUT2D eigenvalue weighted by atomic mass is 10.2. The SMILES string of the molecule is O=c1c2ccccc2nc(SCc2ccc(Cl)cc2)n1CCn1c(SCc2ccc(Cl)cc2)nc2ccccc2c1=O. The van der Waals surface area contributed by atoms with E-state index in [1.807, 2.05) is 84.9 Å². The Morgan fingerprint density at radius 3 is 1.33 bits per heavy atom. The van der Waals surface area contributed by atoms with Crippen LogP contribution in [0.15, 0.2) is 117 Å². The van der Waals surface area contributed by atoms with Crippen LogP contribution in [0.25, 0.3) is 21.8 Å². The van der Waals surface area contributed by atoms with Gasteiger partial charge in [0.1, 0.15) is 0 Å². The van der Waals surface area contributed by atoms with Gasteiger partial charge in [-0.05, 0) is 59.7 Å². The molecule has 0 saturated heterocycles. The minimum atomic E-state index is -0.142. The number of nitrogens with zero attached hydrogens (tertiary/aromatic N) is 4. The Bertz CT molecular complexity index is 1860. The van der Waals surface area contributed by atoms with Gasteiger partial charge in [-0.2, -0.15) is 0 Å². The molecule has 0 aliphatic rings. The third-order valence-corrected chi connectivity index (χ3v) is 9.36. The van der Waals surface area contributed by atoms with Gasteiger partial charge in [0.2, 0.25) is 0 Å². The van der Waals surface area contributed by atoms with Gasteiger partial charge in [0.15, 0.2) is 10.3 Å². The van der Waals surface area contributed by atoms with Crippen LogP contribution in [0.3, 0.4) is 0 Å². The van der Waals surface area contributed by atoms with Crippen molar-refractivity contribution in [1.82, 2.24) is 19.1 Å². The van der Waals surface area contributed by atoms with Crippen molar-refractivity contribution in [3.63, 3.8) is 0 Å². The van der Waals surface area contributed by atoms with Crippen molar-refractivity contribution in [3.05, 3.63) is 139 Å². The molecule has 0 fully saturated rings. The van der Waals surface area contributed by atoms with Crippen LogP contribution in [0.4, 0.5) is 0 Å². The average Bonchev–Trinajstić information content (AvgIpc) is 3.01. The lowest BCUT2D eigenvalue weighted by Gasteiger charge is -2.16. The minimum Gasteiger partial charge on any atom is -0.285 e. The van der Waals surface area contributed by atoms with Crippen LogP contribution in [0.5, 0.6) is 0 Å². The third-order valence-electron chi connectivity index (χ3n) is 6.76. The minimum absolute atomic E-state index is 0.142. The first kappa shape index (κ1) is 28.6. The summed E-state index contributed by atoms with van der Waals surface area (Å²) in [6.45, 7) is 0.516. The molecule has 6 rings (SSSR count). The molecule has 0 radical (unpaired) electrons. The summed E-state index contributed by atoms with van der Waals surface area (Å²) in [6, 6.07) is 29.9. The van der Waals surface area contributed by atoms with Crippen molar-refractivity contribution < 1.29 is 0 Å². The normalized spacial score (nSPS) is 11.4. The van der Waals surface area contributed by atoms with Gasteiger partial charge in [0, 0.05) is 34.6 Å². The van der Waals surface area contributed by atoms with Gasteiger partial charge in [-0.1, -0.05) is 95.3 Å². The predicted molar refractivity (Wildman–Crippen MR) is 174 cm³/mol. The van der Waals surface area contributed by atoms with Gasteiger partial charge >= 0.3 is 0 Å². The quantitative estimate of drug-likeness (QED) is 0.120. The Kier molecular flexibility index (Phi) is 8.67. The zero-order valence-electron chi connectivity index (χ0n) is 22.2. The molecule has 6 aromatic rings. The van der Waals surface area contributed by atoms with Crippen LogP contribution in [-0.4, -0.2) is 19.1 Å². The first-order valence-corrected chi connectivity index (χ1v) is 15.9. The Balaban J connectivity index is 1.35. The van der Waals surface area contributed by atoms with E-state index in [9.17, 15) is 9.59 Å². The van der Waals surface area contributed by atoms with E-state index in [0.717, 1.165) is 11.1 Å². The summed E-state index contributed by atoms with van der Waals surface area (Å²) in [5.74, 6) is 1.23. The molecule has 0 spiro atoms. The summed E-state index contributed by atoms with van der Waals surface area (Å²) < 4.78 is 3.33. The van der Waals surface area contributed by atoms with Crippen LogP contribution in [0.1, 0.15) is 11.1 Å². The number of thioether (sulfide) groups is 2. The fourth-order valence-electron chi connectivity index (χ4n) is 4.57. The fraction of sp³-hybridized carbons (Fsp3) is 0.125. The van der Waals surface area contributed by atoms with Gasteiger partial charge in [-0.25, -0.2) is 9.97 Å². The van der Waals surface area contributed by atoms with E-state index in [2.05, 4.69) is 0 Å². The first-order valence-electron chi connectivity index (χ1n) is 13.2. The van der Waals surface area contributed by atoms with Crippen LogP contribution in [0.2, 0.25) is 10.0 Å². The Labute approximate surface area is 260 Å². The second-order valence-electron chi connectivity index (χ2n) is 9.57. The van der Waals surface area contributed by atoms with Gasteiger partial charge in [0.25, 0.3) is 11.1 Å². The molecule has 210 valence electrons. The van der Waals surface area contributed by atoms with E-state index < -0.39 is 0 Å². The van der Waals surface area contributed by atoms with Crippen molar-refractivity contribution in [2.75, 3.05) is 0 Å². The lowest BCUT2D eigenvalue weighted by Crippen LogP contribution is -2.30. The van der Waals surface area contributed by atoms with Crippen LogP contribution in [-0.2, 0) is 24.6 Å². The van der Waals surface area contributed by atoms with Crippen molar-refractivity contribution in [2.45, 2.75) is 34.9 Å². The highest BCUT2D eigenvalue weighted by Gasteiger charge is 2.16. The van der Waals surface area contributed by atoms with E-state index in [0.29, 0.717) is 53.7 Å². The molecule has 2 aromatic heterocycles. The molecule has 0 amide bonds. The number of para-hydroxylation sites is 2. The van der Waals surface area contributed by atoms with Gasteiger partial charge in [0.05, 0.1) is 21.8 Å². The van der Waals surface area contributed by atoms with E-state index in [1.54, 1.807) is 21.3 Å². The summed E-state index contributed by atoms with van der Waals surface area (Å²) in [5.41, 5.74) is 3.12. The lowest BCUT2D eigenvalue weighted by molar-refractivity contribution is 0.486. The summed E-state index contributed by atoms with van der Waals surface area (Å²) in [7, 11) is 0. The van der Waals surface area contributed by atoms with E-state index >= 15 is 0 Å². The maximum absolute atomic E-state index is 13.7. The zero-order valence-corrected chi connectivity index (χ0v) is 25.4. The molecule has 4 aromatic carbocycles. The van der Waals surface area contributed by atoms with Crippen LogP contribution >= 0.6 is 46.7 Å². The molecule has 0 saturated carbocycles. The largest absolute Gasteiger partial charge is 0.285 e. The smallest absolute Gasteiger partial charge is 0.262 e. The molecule has 0 unspecified atom stereocenters. The van der Waals surface area contributed by atoms with E-state index in [1.165, 1.54) is 23.5 Å². The number of aromatic nitrogens is 4. The second-order valence-corrected chi connectivity index (χ2v) is 12.3. The molecule has 42 heavy (non-hydrogen) atoms. The molecule has 10 heteroatoms. The maximum Gasteiger partial charge on any atom is 0.262 e. The summed E-state index contributed by atoms with van der Waals surface area (Å²) in [5, 5.41) is 3.59. The molecule has 0 aliphatic heterocycles. The standard InChI is InChI=1S/C32H24Cl2N4O2S2/c33-23-13-9-21(10-14-23)19-41-31-35-27-7-3-1-5-25(27)29(39)37(31)17-18-38-30(40)26-6-2-4-8-28(26)36-32(38)42-20-22-11-15-24(34)16-12-22/h1-16H,17-20H2. The highest BCUT2D eigenvalue weighted by atomic mass is 35.5. The highest BCUT2D eigenvalue weighted by Crippen LogP contribution is 2.25. The molecular formula is C32H24Cl2N4O2S2. The maximum atomic E-state index is 13.7. The number of benzene rings is 4. The predicted octanol–water partition coefficient (Wildman–Crippen LogP) is 7.70. The molecule has 0 N–H and O–H groups in total. The topological polar surface area (TPSA) is 69.8 Å². The number of hydrogen-bond donors (Lipinski definition) is 0. The zero-order chi connectivity index (χ0) is 29.1. The molecular weight excluding hydrogens is 607 g/mol. The summed E-state index contributed by atoms with van der Waals surface area (Å²) >= 11 is 15.1. The Hall–Kier alpha value is -3.56. The van der Waals surface area contributed by atoms with Crippen molar-refractivity contribution in [3.8, 4) is 0 Å². The number of rotatable bonds is 9. The molecule has 6 nitrogen and oxygen atoms in total. The van der Waals surface area contributed by atoms with Crippen LogP contribution < -0.4 is 11.1 Å². The molecule has 2 heterocycles. The Morgan fingerprint density at radius 2 is 0.929 bits per heavy atom.